The van der Waals surface area contributed by atoms with Crippen LogP contribution < -0.4 is 15.8 Å². The third kappa shape index (κ3) is 5.61. The number of amides is 3. The molecule has 2 aromatic carbocycles. The van der Waals surface area contributed by atoms with Crippen LogP contribution in [-0.4, -0.2) is 36.8 Å². The first-order valence-electron chi connectivity index (χ1n) is 9.63. The zero-order valence-corrected chi connectivity index (χ0v) is 17.9. The molecule has 1 atom stereocenters. The van der Waals surface area contributed by atoms with Crippen molar-refractivity contribution < 1.29 is 23.9 Å². The van der Waals surface area contributed by atoms with Gasteiger partial charge in [0.05, 0.1) is 5.92 Å². The van der Waals surface area contributed by atoms with Crippen molar-refractivity contribution in [1.82, 2.24) is 10.9 Å². The second-order valence-corrected chi connectivity index (χ2v) is 7.75. The summed E-state index contributed by atoms with van der Waals surface area (Å²) in [5.41, 5.74) is 7.41. The van der Waals surface area contributed by atoms with Gasteiger partial charge in [-0.1, -0.05) is 23.7 Å². The monoisotopic (exact) mass is 443 g/mol. The number of hydrazine groups is 1. The van der Waals surface area contributed by atoms with Crippen LogP contribution in [0.2, 0.25) is 5.02 Å². The molecule has 0 bridgehead atoms. The number of ether oxygens (including phenoxy) is 1. The summed E-state index contributed by atoms with van der Waals surface area (Å²) in [6.45, 7) is 3.45. The predicted octanol–water partition coefficient (Wildman–Crippen LogP) is 2.31. The van der Waals surface area contributed by atoms with Crippen LogP contribution in [0.1, 0.15) is 27.9 Å². The van der Waals surface area contributed by atoms with Crippen molar-refractivity contribution in [1.29, 1.82) is 0 Å². The fourth-order valence-electron chi connectivity index (χ4n) is 3.20. The molecule has 9 heteroatoms. The number of anilines is 1. The highest BCUT2D eigenvalue weighted by atomic mass is 35.5. The average molecular weight is 444 g/mol. The van der Waals surface area contributed by atoms with E-state index in [0.29, 0.717) is 10.6 Å². The molecule has 0 aliphatic carbocycles. The van der Waals surface area contributed by atoms with Crippen LogP contribution in [0.4, 0.5) is 5.69 Å². The van der Waals surface area contributed by atoms with Gasteiger partial charge in [0.2, 0.25) is 5.91 Å². The first-order valence-corrected chi connectivity index (χ1v) is 10.0. The topological polar surface area (TPSA) is 105 Å². The molecule has 0 aromatic heterocycles. The van der Waals surface area contributed by atoms with Crippen LogP contribution >= 0.6 is 11.6 Å². The van der Waals surface area contributed by atoms with Gasteiger partial charge in [0.1, 0.15) is 0 Å². The number of carbonyl (C=O) groups is 4. The molecule has 2 aromatic rings. The van der Waals surface area contributed by atoms with Gasteiger partial charge >= 0.3 is 5.97 Å². The van der Waals surface area contributed by atoms with Crippen molar-refractivity contribution in [3.8, 4) is 0 Å². The maximum absolute atomic E-state index is 12.4. The Labute approximate surface area is 184 Å². The molecular weight excluding hydrogens is 422 g/mol. The molecule has 1 saturated heterocycles. The minimum absolute atomic E-state index is 0.0150. The van der Waals surface area contributed by atoms with Crippen LogP contribution in [-0.2, 0) is 19.1 Å². The molecule has 0 saturated carbocycles. The lowest BCUT2D eigenvalue weighted by atomic mass is 10.1. The Balaban J connectivity index is 1.47. The Bertz CT molecular complexity index is 1020. The fraction of sp³-hybridized carbons (Fsp3) is 0.273. The second-order valence-electron chi connectivity index (χ2n) is 7.31. The predicted molar refractivity (Wildman–Crippen MR) is 114 cm³/mol. The normalized spacial score (nSPS) is 15.5. The van der Waals surface area contributed by atoms with E-state index in [9.17, 15) is 19.2 Å². The highest BCUT2D eigenvalue weighted by Gasteiger charge is 2.36. The molecule has 162 valence electrons. The largest absolute Gasteiger partial charge is 0.455 e. The number of nitrogens with one attached hydrogen (secondary N) is 2. The summed E-state index contributed by atoms with van der Waals surface area (Å²) >= 11 is 5.76. The maximum atomic E-state index is 12.4. The molecule has 1 aliphatic rings. The van der Waals surface area contributed by atoms with E-state index < -0.39 is 30.3 Å². The smallest absolute Gasteiger partial charge is 0.311 e. The van der Waals surface area contributed by atoms with Crippen LogP contribution in [0.3, 0.4) is 0 Å². The van der Waals surface area contributed by atoms with E-state index in [0.717, 1.165) is 16.8 Å². The molecule has 0 unspecified atom stereocenters. The number of hydrogen-bond acceptors (Lipinski definition) is 5. The van der Waals surface area contributed by atoms with Crippen molar-refractivity contribution in [2.45, 2.75) is 20.3 Å². The summed E-state index contributed by atoms with van der Waals surface area (Å²) in [5.74, 6) is -2.71. The molecule has 0 radical (unpaired) electrons. The summed E-state index contributed by atoms with van der Waals surface area (Å²) in [4.78, 5) is 50.1. The summed E-state index contributed by atoms with van der Waals surface area (Å²) in [6.07, 6.45) is 0.0150. The second kappa shape index (κ2) is 9.61. The fourth-order valence-corrected chi connectivity index (χ4v) is 3.33. The highest BCUT2D eigenvalue weighted by Crippen LogP contribution is 2.29. The number of nitrogens with zero attached hydrogens (tertiary/aromatic N) is 1. The van der Waals surface area contributed by atoms with E-state index in [-0.39, 0.29) is 18.9 Å². The minimum Gasteiger partial charge on any atom is -0.455 e. The zero-order chi connectivity index (χ0) is 22.5. The number of aryl methyl sites for hydroxylation is 2. The van der Waals surface area contributed by atoms with Crippen LogP contribution in [0.5, 0.6) is 0 Å². The van der Waals surface area contributed by atoms with Crippen molar-refractivity contribution in [2.75, 3.05) is 18.1 Å². The molecule has 0 spiro atoms. The van der Waals surface area contributed by atoms with E-state index >= 15 is 0 Å². The van der Waals surface area contributed by atoms with Gasteiger partial charge in [-0.25, -0.2) is 0 Å². The third-order valence-corrected chi connectivity index (χ3v) is 5.13. The highest BCUT2D eigenvalue weighted by molar-refractivity contribution is 6.30. The molecule has 3 amide bonds. The van der Waals surface area contributed by atoms with Crippen molar-refractivity contribution in [2.24, 2.45) is 5.92 Å². The van der Waals surface area contributed by atoms with Gasteiger partial charge in [-0.15, -0.1) is 0 Å². The molecule has 1 aliphatic heterocycles. The van der Waals surface area contributed by atoms with Gasteiger partial charge in [0.25, 0.3) is 11.8 Å². The Kier molecular flexibility index (Phi) is 6.91. The lowest BCUT2D eigenvalue weighted by molar-refractivity contribution is -0.152. The molecular formula is C22H22ClN3O5. The molecule has 1 fully saturated rings. The van der Waals surface area contributed by atoms with Crippen molar-refractivity contribution in [3.63, 3.8) is 0 Å². The van der Waals surface area contributed by atoms with Gasteiger partial charge in [0, 0.05) is 29.2 Å². The van der Waals surface area contributed by atoms with Gasteiger partial charge < -0.3 is 9.64 Å². The standard InChI is InChI=1S/C22H22ClN3O5/c1-13-3-4-14(2)18(9-13)26-11-16(10-20(26)28)22(30)31-12-19(27)24-25-21(29)15-5-7-17(23)8-6-15/h3-9,16H,10-12H2,1-2H3,(H,24,27)(H,25,29)/t16-/m0/s1. The minimum atomic E-state index is -0.702. The number of carbonyl (C=O) groups excluding carboxylic acids is 4. The number of benzene rings is 2. The molecule has 1 heterocycles. The van der Waals surface area contributed by atoms with Crippen LogP contribution in [0, 0.1) is 19.8 Å². The van der Waals surface area contributed by atoms with E-state index in [1.165, 1.54) is 12.1 Å². The summed E-state index contributed by atoms with van der Waals surface area (Å²) < 4.78 is 5.03. The van der Waals surface area contributed by atoms with Gasteiger partial charge in [0.15, 0.2) is 6.61 Å². The van der Waals surface area contributed by atoms with Gasteiger partial charge in [-0.2, -0.15) is 0 Å². The number of halogens is 1. The molecule has 2 N–H and O–H groups in total. The average Bonchev–Trinajstić information content (AvgIpc) is 3.14. The quantitative estimate of drug-likeness (QED) is 0.545. The van der Waals surface area contributed by atoms with Crippen molar-refractivity contribution in [3.05, 3.63) is 64.2 Å². The Morgan fingerprint density at radius 2 is 1.81 bits per heavy atom. The lowest BCUT2D eigenvalue weighted by Crippen LogP contribution is -2.43. The Morgan fingerprint density at radius 1 is 1.10 bits per heavy atom. The number of esters is 1. The van der Waals surface area contributed by atoms with Crippen LogP contribution in [0.15, 0.2) is 42.5 Å². The maximum Gasteiger partial charge on any atom is 0.311 e. The Hall–Kier alpha value is -3.39. The van der Waals surface area contributed by atoms with E-state index in [2.05, 4.69) is 10.9 Å². The summed E-state index contributed by atoms with van der Waals surface area (Å²) in [5, 5.41) is 0.481. The van der Waals surface area contributed by atoms with E-state index in [4.69, 9.17) is 16.3 Å². The van der Waals surface area contributed by atoms with Crippen LogP contribution in [0.25, 0.3) is 0 Å². The number of hydrogen-bond donors (Lipinski definition) is 2. The molecule has 31 heavy (non-hydrogen) atoms. The van der Waals surface area contributed by atoms with E-state index in [1.54, 1.807) is 17.0 Å². The summed E-state index contributed by atoms with van der Waals surface area (Å²) in [7, 11) is 0. The van der Waals surface area contributed by atoms with Crippen molar-refractivity contribution >= 4 is 41.0 Å². The van der Waals surface area contributed by atoms with Gasteiger partial charge in [-0.3, -0.25) is 30.0 Å². The number of rotatable bonds is 5. The zero-order valence-electron chi connectivity index (χ0n) is 17.1. The Morgan fingerprint density at radius 3 is 2.52 bits per heavy atom. The van der Waals surface area contributed by atoms with Gasteiger partial charge in [-0.05, 0) is 55.3 Å². The molecule has 8 nitrogen and oxygen atoms in total. The third-order valence-electron chi connectivity index (χ3n) is 4.88. The first kappa shape index (κ1) is 22.3. The lowest BCUT2D eigenvalue weighted by Gasteiger charge is -2.19. The SMILES string of the molecule is Cc1ccc(C)c(N2C[C@@H](C(=O)OCC(=O)NNC(=O)c3ccc(Cl)cc3)CC2=O)c1. The summed E-state index contributed by atoms with van der Waals surface area (Å²) in [6, 6.07) is 11.9. The van der Waals surface area contributed by atoms with E-state index in [1.807, 2.05) is 32.0 Å². The molecule has 3 rings (SSSR count). The first-order chi connectivity index (χ1) is 14.7.